The van der Waals surface area contributed by atoms with E-state index in [9.17, 15) is 4.79 Å². The Hall–Kier alpha value is -2.29. The zero-order chi connectivity index (χ0) is 13.5. The summed E-state index contributed by atoms with van der Waals surface area (Å²) in [5.74, 6) is 0.812. The molecule has 0 bridgehead atoms. The summed E-state index contributed by atoms with van der Waals surface area (Å²) in [6, 6.07) is 17.5. The van der Waals surface area contributed by atoms with Crippen molar-refractivity contribution in [3.05, 3.63) is 54.6 Å². The van der Waals surface area contributed by atoms with Crippen molar-refractivity contribution in [3.63, 3.8) is 0 Å². The number of carbonyl (C=O) groups excluding carboxylic acids is 1. The van der Waals surface area contributed by atoms with Gasteiger partial charge < -0.3 is 10.1 Å². The van der Waals surface area contributed by atoms with Crippen LogP contribution >= 0.6 is 0 Å². The van der Waals surface area contributed by atoms with Crippen LogP contribution in [0.25, 0.3) is 0 Å². The second kappa shape index (κ2) is 6.59. The van der Waals surface area contributed by atoms with Crippen LogP contribution in [0.3, 0.4) is 0 Å². The number of nitrogens with one attached hydrogen (secondary N) is 1. The lowest BCUT2D eigenvalue weighted by Gasteiger charge is -2.08. The molecule has 2 aromatic carbocycles. The van der Waals surface area contributed by atoms with Crippen molar-refractivity contribution < 1.29 is 9.53 Å². The number of rotatable bonds is 6. The van der Waals surface area contributed by atoms with E-state index in [1.165, 1.54) is 0 Å². The SMILES string of the molecule is CCC(=O)COc1ccc(Nc2ccccc2)cc1. The molecular weight excluding hydrogens is 238 g/mol. The van der Waals surface area contributed by atoms with Crippen molar-refractivity contribution in [2.24, 2.45) is 0 Å². The summed E-state index contributed by atoms with van der Waals surface area (Å²) in [6.07, 6.45) is 0.508. The third-order valence-electron chi connectivity index (χ3n) is 2.71. The van der Waals surface area contributed by atoms with Crippen LogP contribution < -0.4 is 10.1 Å². The predicted molar refractivity (Wildman–Crippen MR) is 77.0 cm³/mol. The Kier molecular flexibility index (Phi) is 4.56. The summed E-state index contributed by atoms with van der Waals surface area (Å²) >= 11 is 0. The lowest BCUT2D eigenvalue weighted by molar-refractivity contribution is -0.120. The van der Waals surface area contributed by atoms with Gasteiger partial charge in [0.15, 0.2) is 5.78 Å². The van der Waals surface area contributed by atoms with Crippen LogP contribution in [0.2, 0.25) is 0 Å². The quantitative estimate of drug-likeness (QED) is 0.853. The van der Waals surface area contributed by atoms with Crippen LogP contribution in [0.1, 0.15) is 13.3 Å². The summed E-state index contributed by atoms with van der Waals surface area (Å²) in [4.78, 5) is 11.2. The Morgan fingerprint density at radius 1 is 1.00 bits per heavy atom. The van der Waals surface area contributed by atoms with Crippen LogP contribution in [-0.2, 0) is 4.79 Å². The molecule has 0 fully saturated rings. The maximum Gasteiger partial charge on any atom is 0.169 e. The number of carbonyl (C=O) groups is 1. The molecule has 3 nitrogen and oxygen atoms in total. The molecule has 0 spiro atoms. The largest absolute Gasteiger partial charge is 0.486 e. The zero-order valence-electron chi connectivity index (χ0n) is 10.9. The van der Waals surface area contributed by atoms with E-state index in [2.05, 4.69) is 5.32 Å². The number of hydrogen-bond acceptors (Lipinski definition) is 3. The maximum atomic E-state index is 11.2. The van der Waals surface area contributed by atoms with Crippen molar-refractivity contribution in [2.75, 3.05) is 11.9 Å². The smallest absolute Gasteiger partial charge is 0.169 e. The average molecular weight is 255 g/mol. The lowest BCUT2D eigenvalue weighted by atomic mass is 10.2. The van der Waals surface area contributed by atoms with Crippen LogP contribution in [0.15, 0.2) is 54.6 Å². The Bertz CT molecular complexity index is 520. The molecule has 1 N–H and O–H groups in total. The van der Waals surface area contributed by atoms with E-state index >= 15 is 0 Å². The van der Waals surface area contributed by atoms with Gasteiger partial charge in [0.25, 0.3) is 0 Å². The fraction of sp³-hybridized carbons (Fsp3) is 0.188. The number of ether oxygens (including phenoxy) is 1. The Morgan fingerprint density at radius 2 is 1.63 bits per heavy atom. The van der Waals surface area contributed by atoms with Gasteiger partial charge in [-0.1, -0.05) is 25.1 Å². The van der Waals surface area contributed by atoms with E-state index in [1.54, 1.807) is 0 Å². The van der Waals surface area contributed by atoms with E-state index in [0.29, 0.717) is 12.2 Å². The number of para-hydroxylation sites is 1. The van der Waals surface area contributed by atoms with Gasteiger partial charge >= 0.3 is 0 Å². The van der Waals surface area contributed by atoms with Crippen molar-refractivity contribution in [1.29, 1.82) is 0 Å². The van der Waals surface area contributed by atoms with Crippen LogP contribution in [0, 0.1) is 0 Å². The second-order valence-corrected chi connectivity index (χ2v) is 4.20. The first-order valence-electron chi connectivity index (χ1n) is 6.34. The fourth-order valence-electron chi connectivity index (χ4n) is 1.59. The first kappa shape index (κ1) is 13.1. The molecule has 0 aliphatic carbocycles. The topological polar surface area (TPSA) is 38.3 Å². The Morgan fingerprint density at radius 3 is 2.26 bits per heavy atom. The molecule has 98 valence electrons. The van der Waals surface area contributed by atoms with Gasteiger partial charge in [0.1, 0.15) is 12.4 Å². The fourth-order valence-corrected chi connectivity index (χ4v) is 1.59. The van der Waals surface area contributed by atoms with Crippen LogP contribution in [-0.4, -0.2) is 12.4 Å². The Labute approximate surface area is 113 Å². The highest BCUT2D eigenvalue weighted by atomic mass is 16.5. The van der Waals surface area contributed by atoms with Gasteiger partial charge in [-0.15, -0.1) is 0 Å². The molecule has 0 aliphatic rings. The highest BCUT2D eigenvalue weighted by Gasteiger charge is 2.00. The normalized spacial score (nSPS) is 9.95. The molecule has 2 rings (SSSR count). The molecule has 0 saturated heterocycles. The average Bonchev–Trinajstić information content (AvgIpc) is 2.47. The van der Waals surface area contributed by atoms with E-state index < -0.39 is 0 Å². The lowest BCUT2D eigenvalue weighted by Crippen LogP contribution is -2.09. The molecule has 0 heterocycles. The van der Waals surface area contributed by atoms with Gasteiger partial charge in [0.05, 0.1) is 0 Å². The molecule has 0 atom stereocenters. The van der Waals surface area contributed by atoms with E-state index in [1.807, 2.05) is 61.5 Å². The molecule has 19 heavy (non-hydrogen) atoms. The minimum absolute atomic E-state index is 0.103. The standard InChI is InChI=1S/C16H17NO2/c1-2-15(18)12-19-16-10-8-14(9-11-16)17-13-6-4-3-5-7-13/h3-11,17H,2,12H2,1H3. The molecular formula is C16H17NO2. The molecule has 3 heteroatoms. The van der Waals surface area contributed by atoms with Gasteiger partial charge in [0.2, 0.25) is 0 Å². The monoisotopic (exact) mass is 255 g/mol. The second-order valence-electron chi connectivity index (χ2n) is 4.20. The highest BCUT2D eigenvalue weighted by Crippen LogP contribution is 2.19. The van der Waals surface area contributed by atoms with Crippen molar-refractivity contribution in [3.8, 4) is 5.75 Å². The van der Waals surface area contributed by atoms with Crippen molar-refractivity contribution in [1.82, 2.24) is 0 Å². The third kappa shape index (κ3) is 4.14. The first-order valence-corrected chi connectivity index (χ1v) is 6.34. The van der Waals surface area contributed by atoms with Gasteiger partial charge in [-0.3, -0.25) is 4.79 Å². The Balaban J connectivity index is 1.93. The molecule has 0 aromatic heterocycles. The van der Waals surface area contributed by atoms with Crippen molar-refractivity contribution >= 4 is 17.2 Å². The van der Waals surface area contributed by atoms with E-state index in [-0.39, 0.29) is 12.4 Å². The summed E-state index contributed by atoms with van der Waals surface area (Å²) < 4.78 is 5.39. The summed E-state index contributed by atoms with van der Waals surface area (Å²) in [5.41, 5.74) is 2.03. The minimum Gasteiger partial charge on any atom is -0.486 e. The van der Waals surface area contributed by atoms with Gasteiger partial charge in [-0.05, 0) is 36.4 Å². The zero-order valence-corrected chi connectivity index (χ0v) is 10.9. The van der Waals surface area contributed by atoms with Gasteiger partial charge in [-0.25, -0.2) is 0 Å². The van der Waals surface area contributed by atoms with E-state index in [4.69, 9.17) is 4.74 Å². The molecule has 0 saturated carbocycles. The number of anilines is 2. The molecule has 0 aliphatic heterocycles. The molecule has 2 aromatic rings. The highest BCUT2D eigenvalue weighted by molar-refractivity contribution is 5.79. The molecule has 0 amide bonds. The first-order chi connectivity index (χ1) is 9.28. The minimum atomic E-state index is 0.103. The summed E-state index contributed by atoms with van der Waals surface area (Å²) in [5, 5.41) is 3.28. The summed E-state index contributed by atoms with van der Waals surface area (Å²) in [7, 11) is 0. The molecule has 0 radical (unpaired) electrons. The molecule has 0 unspecified atom stereocenters. The number of hydrogen-bond donors (Lipinski definition) is 1. The van der Waals surface area contributed by atoms with Crippen LogP contribution in [0.4, 0.5) is 11.4 Å². The van der Waals surface area contributed by atoms with E-state index in [0.717, 1.165) is 11.4 Å². The predicted octanol–water partition coefficient (Wildman–Crippen LogP) is 3.79. The summed E-state index contributed by atoms with van der Waals surface area (Å²) in [6.45, 7) is 1.97. The van der Waals surface area contributed by atoms with Gasteiger partial charge in [-0.2, -0.15) is 0 Å². The number of ketones is 1. The van der Waals surface area contributed by atoms with Gasteiger partial charge in [0, 0.05) is 17.8 Å². The number of Topliss-reactive ketones (excluding diaryl/α,β-unsaturated/α-hetero) is 1. The number of benzene rings is 2. The third-order valence-corrected chi connectivity index (χ3v) is 2.71. The van der Waals surface area contributed by atoms with Crippen LogP contribution in [0.5, 0.6) is 5.75 Å². The maximum absolute atomic E-state index is 11.2. The van der Waals surface area contributed by atoms with Crippen molar-refractivity contribution in [2.45, 2.75) is 13.3 Å².